The summed E-state index contributed by atoms with van der Waals surface area (Å²) in [5, 5.41) is 6.73. The fourth-order valence-corrected chi connectivity index (χ4v) is 1.71. The van der Waals surface area contributed by atoms with Crippen molar-refractivity contribution >= 4 is 0 Å². The van der Waals surface area contributed by atoms with E-state index in [0.717, 1.165) is 13.1 Å². The lowest BCUT2D eigenvalue weighted by molar-refractivity contribution is 0.0167. The summed E-state index contributed by atoms with van der Waals surface area (Å²) in [4.78, 5) is 0. The molecule has 1 aliphatic rings. The van der Waals surface area contributed by atoms with Crippen molar-refractivity contribution in [1.82, 2.24) is 10.6 Å². The van der Waals surface area contributed by atoms with Crippen LogP contribution in [0.3, 0.4) is 0 Å². The first kappa shape index (κ1) is 11.0. The van der Waals surface area contributed by atoms with Crippen molar-refractivity contribution < 1.29 is 4.74 Å². The van der Waals surface area contributed by atoms with Gasteiger partial charge in [-0.3, -0.25) is 0 Å². The molecule has 1 aliphatic carbocycles. The Bertz CT molecular complexity index is 135. The van der Waals surface area contributed by atoms with Gasteiger partial charge in [-0.2, -0.15) is 0 Å². The van der Waals surface area contributed by atoms with Crippen molar-refractivity contribution in [3.63, 3.8) is 0 Å². The molecule has 0 amide bonds. The molecule has 3 nitrogen and oxygen atoms in total. The lowest BCUT2D eigenvalue weighted by Crippen LogP contribution is -2.46. The summed E-state index contributed by atoms with van der Waals surface area (Å²) in [5.74, 6) is 0.714. The van der Waals surface area contributed by atoms with Gasteiger partial charge in [0.05, 0.1) is 6.10 Å². The third-order valence-electron chi connectivity index (χ3n) is 2.74. The van der Waals surface area contributed by atoms with Gasteiger partial charge in [0.2, 0.25) is 0 Å². The quantitative estimate of drug-likeness (QED) is 0.637. The van der Waals surface area contributed by atoms with Crippen LogP contribution in [0.5, 0.6) is 0 Å². The molecule has 0 bridgehead atoms. The minimum Gasteiger partial charge on any atom is -0.381 e. The van der Waals surface area contributed by atoms with Gasteiger partial charge in [-0.1, -0.05) is 6.92 Å². The van der Waals surface area contributed by atoms with E-state index in [4.69, 9.17) is 4.74 Å². The molecule has 0 aromatic rings. The van der Waals surface area contributed by atoms with Crippen LogP contribution in [0.2, 0.25) is 0 Å². The fraction of sp³-hybridized carbons (Fsp3) is 1.00. The average Bonchev–Trinajstić information content (AvgIpc) is 2.02. The molecule has 1 fully saturated rings. The molecule has 0 aromatic carbocycles. The van der Waals surface area contributed by atoms with Gasteiger partial charge in [0.25, 0.3) is 0 Å². The summed E-state index contributed by atoms with van der Waals surface area (Å²) >= 11 is 0. The Kier molecular flexibility index (Phi) is 4.70. The normalized spacial score (nSPS) is 29.8. The van der Waals surface area contributed by atoms with Gasteiger partial charge in [0.15, 0.2) is 0 Å². The summed E-state index contributed by atoms with van der Waals surface area (Å²) in [6.45, 7) is 4.46. The summed E-state index contributed by atoms with van der Waals surface area (Å²) in [6.07, 6.45) is 2.88. The van der Waals surface area contributed by atoms with Gasteiger partial charge in [-0.05, 0) is 38.9 Å². The van der Waals surface area contributed by atoms with E-state index in [1.165, 1.54) is 12.8 Å². The highest BCUT2D eigenvalue weighted by molar-refractivity contribution is 4.85. The number of nitrogens with one attached hydrogen (secondary N) is 2. The monoisotopic (exact) mass is 186 g/mol. The topological polar surface area (TPSA) is 33.3 Å². The summed E-state index contributed by atoms with van der Waals surface area (Å²) in [7, 11) is 3.80. The maximum Gasteiger partial charge on any atom is 0.0601 e. The molecule has 0 heterocycles. The van der Waals surface area contributed by atoms with Gasteiger partial charge in [0, 0.05) is 13.2 Å². The SMILES string of the molecule is CNCC(C)CNC1CC(OC)C1. The second-order valence-electron chi connectivity index (χ2n) is 4.10. The first-order chi connectivity index (χ1) is 6.26. The molecule has 0 aliphatic heterocycles. The lowest BCUT2D eigenvalue weighted by atomic mass is 9.89. The first-order valence-corrected chi connectivity index (χ1v) is 5.17. The minimum atomic E-state index is 0.511. The average molecular weight is 186 g/mol. The van der Waals surface area contributed by atoms with Gasteiger partial charge in [-0.25, -0.2) is 0 Å². The van der Waals surface area contributed by atoms with Crippen molar-refractivity contribution in [3.8, 4) is 0 Å². The number of hydrogen-bond acceptors (Lipinski definition) is 3. The number of hydrogen-bond donors (Lipinski definition) is 2. The second kappa shape index (κ2) is 5.58. The van der Waals surface area contributed by atoms with E-state index in [9.17, 15) is 0 Å². The summed E-state index contributed by atoms with van der Waals surface area (Å²) in [5.41, 5.74) is 0. The Morgan fingerprint density at radius 1 is 1.38 bits per heavy atom. The molecule has 0 radical (unpaired) electrons. The van der Waals surface area contributed by atoms with Crippen LogP contribution in [0.1, 0.15) is 19.8 Å². The minimum absolute atomic E-state index is 0.511. The van der Waals surface area contributed by atoms with Gasteiger partial charge in [0.1, 0.15) is 0 Å². The summed E-state index contributed by atoms with van der Waals surface area (Å²) < 4.78 is 5.22. The predicted molar refractivity (Wildman–Crippen MR) is 54.9 cm³/mol. The molecule has 1 saturated carbocycles. The zero-order chi connectivity index (χ0) is 9.68. The predicted octanol–water partition coefficient (Wildman–Crippen LogP) is 0.609. The van der Waals surface area contributed by atoms with Crippen molar-refractivity contribution in [1.29, 1.82) is 0 Å². The van der Waals surface area contributed by atoms with E-state index in [0.29, 0.717) is 18.1 Å². The van der Waals surface area contributed by atoms with Crippen LogP contribution in [-0.2, 0) is 4.74 Å². The molecule has 0 spiro atoms. The number of methoxy groups -OCH3 is 1. The van der Waals surface area contributed by atoms with Gasteiger partial charge in [-0.15, -0.1) is 0 Å². The number of ether oxygens (including phenoxy) is 1. The van der Waals surface area contributed by atoms with Gasteiger partial charge >= 0.3 is 0 Å². The fourth-order valence-electron chi connectivity index (χ4n) is 1.71. The van der Waals surface area contributed by atoms with Crippen LogP contribution in [0.25, 0.3) is 0 Å². The smallest absolute Gasteiger partial charge is 0.0601 e. The molecule has 13 heavy (non-hydrogen) atoms. The lowest BCUT2D eigenvalue weighted by Gasteiger charge is -2.35. The van der Waals surface area contributed by atoms with Gasteiger partial charge < -0.3 is 15.4 Å². The maximum atomic E-state index is 5.22. The Labute approximate surface area is 81.2 Å². The van der Waals surface area contributed by atoms with Crippen LogP contribution in [0, 0.1) is 5.92 Å². The third kappa shape index (κ3) is 3.63. The first-order valence-electron chi connectivity index (χ1n) is 5.17. The molecular weight excluding hydrogens is 164 g/mol. The highest BCUT2D eigenvalue weighted by atomic mass is 16.5. The van der Waals surface area contributed by atoms with Crippen LogP contribution < -0.4 is 10.6 Å². The van der Waals surface area contributed by atoms with E-state index in [-0.39, 0.29) is 0 Å². The molecule has 3 heteroatoms. The van der Waals surface area contributed by atoms with E-state index >= 15 is 0 Å². The molecule has 0 saturated heterocycles. The Hall–Kier alpha value is -0.120. The summed E-state index contributed by atoms with van der Waals surface area (Å²) in [6, 6.07) is 0.698. The zero-order valence-corrected chi connectivity index (χ0v) is 8.97. The highest BCUT2D eigenvalue weighted by Crippen LogP contribution is 2.22. The largest absolute Gasteiger partial charge is 0.381 e. The van der Waals surface area contributed by atoms with Crippen molar-refractivity contribution in [2.24, 2.45) is 5.92 Å². The Morgan fingerprint density at radius 2 is 2.08 bits per heavy atom. The van der Waals surface area contributed by atoms with Crippen LogP contribution in [0.4, 0.5) is 0 Å². The Balaban J connectivity index is 1.95. The van der Waals surface area contributed by atoms with E-state index in [1.807, 2.05) is 7.05 Å². The Morgan fingerprint density at radius 3 is 2.62 bits per heavy atom. The van der Waals surface area contributed by atoms with Crippen LogP contribution in [0.15, 0.2) is 0 Å². The molecule has 78 valence electrons. The molecule has 1 unspecified atom stereocenters. The van der Waals surface area contributed by atoms with E-state index < -0.39 is 0 Å². The van der Waals surface area contributed by atoms with Crippen molar-refractivity contribution in [2.75, 3.05) is 27.2 Å². The zero-order valence-electron chi connectivity index (χ0n) is 8.97. The molecule has 0 aromatic heterocycles. The van der Waals surface area contributed by atoms with Crippen LogP contribution in [-0.4, -0.2) is 39.4 Å². The van der Waals surface area contributed by atoms with Crippen molar-refractivity contribution in [3.05, 3.63) is 0 Å². The second-order valence-corrected chi connectivity index (χ2v) is 4.10. The van der Waals surface area contributed by atoms with E-state index in [1.54, 1.807) is 7.11 Å². The number of rotatable bonds is 6. The van der Waals surface area contributed by atoms with Crippen LogP contribution >= 0.6 is 0 Å². The molecule has 1 rings (SSSR count). The highest BCUT2D eigenvalue weighted by Gasteiger charge is 2.28. The standard InChI is InChI=1S/C10H22N2O/c1-8(6-11-2)7-12-9-4-10(5-9)13-3/h8-12H,4-7H2,1-3H3. The third-order valence-corrected chi connectivity index (χ3v) is 2.74. The molecule has 1 atom stereocenters. The maximum absolute atomic E-state index is 5.22. The molecule has 2 N–H and O–H groups in total. The molecular formula is C10H22N2O. The van der Waals surface area contributed by atoms with E-state index in [2.05, 4.69) is 17.6 Å². The van der Waals surface area contributed by atoms with Crippen molar-refractivity contribution in [2.45, 2.75) is 31.9 Å².